The molecule has 3 amide bonds. The smallest absolute Gasteiger partial charge is 0.343 e. The zero-order valence-corrected chi connectivity index (χ0v) is 23.9. The van der Waals surface area contributed by atoms with Crippen LogP contribution in [0.1, 0.15) is 64.7 Å². The lowest BCUT2D eigenvalue weighted by Crippen LogP contribution is -2.53. The molecule has 4 rings (SSSR count). The van der Waals surface area contributed by atoms with E-state index >= 15 is 0 Å². The van der Waals surface area contributed by atoms with Gasteiger partial charge in [-0.2, -0.15) is 26.3 Å². The molecule has 6 nitrogen and oxygen atoms in total. The van der Waals surface area contributed by atoms with Crippen molar-refractivity contribution >= 4 is 17.7 Å². The number of likely N-dealkylation sites (tertiary alicyclic amines) is 2. The van der Waals surface area contributed by atoms with Crippen molar-refractivity contribution in [1.29, 1.82) is 0 Å². The van der Waals surface area contributed by atoms with Gasteiger partial charge in [-0.15, -0.1) is 0 Å². The molecule has 2 unspecified atom stereocenters. The minimum atomic E-state index is -5.12. The van der Waals surface area contributed by atoms with Crippen molar-refractivity contribution in [3.8, 4) is 0 Å². The predicted octanol–water partition coefficient (Wildman–Crippen LogP) is 5.89. The second kappa shape index (κ2) is 12.2. The van der Waals surface area contributed by atoms with Crippen molar-refractivity contribution in [2.24, 2.45) is 5.92 Å². The van der Waals surface area contributed by atoms with Crippen molar-refractivity contribution in [2.75, 3.05) is 33.2 Å². The fourth-order valence-electron chi connectivity index (χ4n) is 5.96. The van der Waals surface area contributed by atoms with Gasteiger partial charge in [0, 0.05) is 63.6 Å². The summed E-state index contributed by atoms with van der Waals surface area (Å²) in [6, 6.07) is 4.36. The third-order valence-corrected chi connectivity index (χ3v) is 8.44. The molecule has 2 aromatic carbocycles. The number of benzene rings is 2. The minimum Gasteiger partial charge on any atom is -0.343 e. The molecule has 13 heteroatoms. The highest BCUT2D eigenvalue weighted by Crippen LogP contribution is 2.38. The first-order valence-electron chi connectivity index (χ1n) is 13.8. The lowest BCUT2D eigenvalue weighted by molar-refractivity contribution is -0.143. The van der Waals surface area contributed by atoms with E-state index < -0.39 is 52.7 Å². The molecule has 0 aromatic heterocycles. The zero-order chi connectivity index (χ0) is 31.9. The van der Waals surface area contributed by atoms with Crippen LogP contribution in [-0.2, 0) is 21.9 Å². The Bertz CT molecular complexity index is 1350. The van der Waals surface area contributed by atoms with E-state index in [0.29, 0.717) is 49.2 Å². The van der Waals surface area contributed by atoms with Crippen molar-refractivity contribution in [3.63, 3.8) is 0 Å². The monoisotopic (exact) mass is 615 g/mol. The number of carbonyl (C=O) groups excluding carboxylic acids is 3. The van der Waals surface area contributed by atoms with Gasteiger partial charge >= 0.3 is 12.4 Å². The summed E-state index contributed by atoms with van der Waals surface area (Å²) in [7, 11) is 1.30. The number of aryl methyl sites for hydroxylation is 1. The van der Waals surface area contributed by atoms with Crippen LogP contribution in [0.5, 0.6) is 0 Å². The Balaban J connectivity index is 1.63. The van der Waals surface area contributed by atoms with Crippen molar-refractivity contribution in [2.45, 2.75) is 57.4 Å². The first-order valence-corrected chi connectivity index (χ1v) is 13.8. The number of likely N-dealkylation sites (N-methyl/N-ethyl adjacent to an activating group) is 1. The number of piperidine rings is 2. The van der Waals surface area contributed by atoms with Gasteiger partial charge in [0.05, 0.1) is 11.1 Å². The summed E-state index contributed by atoms with van der Waals surface area (Å²) in [6.07, 6.45) is -9.08. The molecule has 2 saturated heterocycles. The first-order chi connectivity index (χ1) is 20.0. The lowest BCUT2D eigenvalue weighted by atomic mass is 9.83. The van der Waals surface area contributed by atoms with Crippen molar-refractivity contribution in [1.82, 2.24) is 14.7 Å². The highest BCUT2D eigenvalue weighted by molar-refractivity contribution is 5.95. The molecule has 2 heterocycles. The largest absolute Gasteiger partial charge is 0.416 e. The summed E-state index contributed by atoms with van der Waals surface area (Å²) in [6.45, 7) is 4.19. The number of rotatable bonds is 4. The van der Waals surface area contributed by atoms with Crippen LogP contribution in [0.15, 0.2) is 36.4 Å². The average molecular weight is 616 g/mol. The normalized spacial score (nSPS) is 20.2. The third-order valence-electron chi connectivity index (χ3n) is 8.44. The van der Waals surface area contributed by atoms with Gasteiger partial charge in [0.25, 0.3) is 5.91 Å². The Morgan fingerprint density at radius 2 is 1.40 bits per heavy atom. The lowest BCUT2D eigenvalue weighted by Gasteiger charge is -2.44. The van der Waals surface area contributed by atoms with Gasteiger partial charge in [0.1, 0.15) is 5.82 Å². The van der Waals surface area contributed by atoms with Gasteiger partial charge in [0.2, 0.25) is 11.8 Å². The molecule has 234 valence electrons. The summed E-state index contributed by atoms with van der Waals surface area (Å²) < 4.78 is 94.9. The van der Waals surface area contributed by atoms with E-state index in [1.54, 1.807) is 22.8 Å². The van der Waals surface area contributed by atoms with Crippen LogP contribution in [0, 0.1) is 18.7 Å². The van der Waals surface area contributed by atoms with Crippen molar-refractivity contribution in [3.05, 3.63) is 70.0 Å². The second-order valence-corrected chi connectivity index (χ2v) is 11.2. The van der Waals surface area contributed by atoms with Gasteiger partial charge in [0.15, 0.2) is 0 Å². The molecule has 2 aromatic rings. The molecule has 2 aliphatic heterocycles. The van der Waals surface area contributed by atoms with Crippen LogP contribution in [0.25, 0.3) is 0 Å². The SMILES string of the molecule is CC(=O)N1CCC(C(=O)N2CCC(N(C)C(=O)c3cc(C(F)(F)F)cc(C(F)(F)F)c3)C(c3ccc(F)c(C)c3)C2)CC1. The summed E-state index contributed by atoms with van der Waals surface area (Å²) >= 11 is 0. The van der Waals surface area contributed by atoms with Gasteiger partial charge in [-0.1, -0.05) is 12.1 Å². The molecule has 2 aliphatic rings. The molecular formula is C30H32F7N3O3. The fraction of sp³-hybridized carbons (Fsp3) is 0.500. The molecule has 2 atom stereocenters. The molecule has 0 saturated carbocycles. The molecule has 2 fully saturated rings. The Labute approximate surface area is 244 Å². The molecule has 0 radical (unpaired) electrons. The fourth-order valence-corrected chi connectivity index (χ4v) is 5.96. The maximum Gasteiger partial charge on any atom is 0.416 e. The maximum absolute atomic E-state index is 14.1. The van der Waals surface area contributed by atoms with Crippen molar-refractivity contribution < 1.29 is 45.1 Å². The summed E-state index contributed by atoms with van der Waals surface area (Å²) in [5, 5.41) is 0. The minimum absolute atomic E-state index is 0.0358. The van der Waals surface area contributed by atoms with Gasteiger partial charge in [-0.25, -0.2) is 4.39 Å². The molecule has 0 spiro atoms. The van der Waals surface area contributed by atoms with E-state index in [0.717, 1.165) is 4.90 Å². The van der Waals surface area contributed by atoms with E-state index in [-0.39, 0.29) is 43.3 Å². The quantitative estimate of drug-likeness (QED) is 0.404. The van der Waals surface area contributed by atoms with Crippen LogP contribution in [0.4, 0.5) is 30.7 Å². The van der Waals surface area contributed by atoms with Crippen LogP contribution in [0.2, 0.25) is 0 Å². The van der Waals surface area contributed by atoms with Crippen LogP contribution < -0.4 is 0 Å². The molecule has 0 bridgehead atoms. The molecule has 0 N–H and O–H groups in total. The van der Waals surface area contributed by atoms with Gasteiger partial charge < -0.3 is 14.7 Å². The number of alkyl halides is 6. The van der Waals surface area contributed by atoms with E-state index in [2.05, 4.69) is 0 Å². The number of carbonyl (C=O) groups is 3. The Hall–Kier alpha value is -3.64. The number of hydrogen-bond acceptors (Lipinski definition) is 3. The molecular weight excluding hydrogens is 583 g/mol. The summed E-state index contributed by atoms with van der Waals surface area (Å²) in [4.78, 5) is 43.1. The highest BCUT2D eigenvalue weighted by atomic mass is 19.4. The Kier molecular flexibility index (Phi) is 9.13. The first kappa shape index (κ1) is 32.3. The van der Waals surface area contributed by atoms with Gasteiger partial charge in [-0.3, -0.25) is 14.4 Å². The maximum atomic E-state index is 14.1. The molecule has 43 heavy (non-hydrogen) atoms. The van der Waals surface area contributed by atoms with E-state index in [9.17, 15) is 45.1 Å². The second-order valence-electron chi connectivity index (χ2n) is 11.2. The van der Waals surface area contributed by atoms with E-state index in [1.165, 1.54) is 26.1 Å². The highest BCUT2D eigenvalue weighted by Gasteiger charge is 2.41. The zero-order valence-electron chi connectivity index (χ0n) is 23.9. The topological polar surface area (TPSA) is 60.9 Å². The standard InChI is InChI=1S/C30H32F7N3O3/c1-17-12-20(4-5-25(17)31)24-16-40(28(43)19-6-9-39(10-7-19)18(2)41)11-8-26(24)38(3)27(42)21-13-22(29(32,33)34)15-23(14-21)30(35,36)37/h4-5,12-15,19,24,26H,6-11,16H2,1-3H3. The van der Waals surface area contributed by atoms with E-state index in [1.807, 2.05) is 0 Å². The Morgan fingerprint density at radius 1 is 0.837 bits per heavy atom. The Morgan fingerprint density at radius 3 is 1.91 bits per heavy atom. The third kappa shape index (κ3) is 7.13. The summed E-state index contributed by atoms with van der Waals surface area (Å²) in [5.74, 6) is -2.65. The molecule has 0 aliphatic carbocycles. The van der Waals surface area contributed by atoms with Crippen LogP contribution in [0.3, 0.4) is 0 Å². The number of halogens is 7. The van der Waals surface area contributed by atoms with Crippen LogP contribution >= 0.6 is 0 Å². The summed E-state index contributed by atoms with van der Waals surface area (Å²) in [5.41, 5.74) is -3.08. The van der Waals surface area contributed by atoms with E-state index in [4.69, 9.17) is 0 Å². The van der Waals surface area contributed by atoms with Gasteiger partial charge in [-0.05, 0) is 61.6 Å². The predicted molar refractivity (Wildman–Crippen MR) is 142 cm³/mol. The van der Waals surface area contributed by atoms with Crippen LogP contribution in [-0.4, -0.2) is 71.7 Å². The number of nitrogens with zero attached hydrogens (tertiary/aromatic N) is 3. The number of amides is 3. The number of hydrogen-bond donors (Lipinski definition) is 0. The average Bonchev–Trinajstić information content (AvgIpc) is 2.96.